The molecular formula is C31H39NO3. The molecule has 0 unspecified atom stereocenters. The molecule has 1 aromatic carbocycles. The van der Waals surface area contributed by atoms with Gasteiger partial charge in [0.25, 0.3) is 0 Å². The normalized spacial score (nSPS) is 35.8. The van der Waals surface area contributed by atoms with E-state index in [-0.39, 0.29) is 11.0 Å². The van der Waals surface area contributed by atoms with Gasteiger partial charge in [-0.2, -0.15) is 0 Å². The van der Waals surface area contributed by atoms with Crippen molar-refractivity contribution in [2.45, 2.75) is 63.4 Å². The third-order valence-corrected chi connectivity index (χ3v) is 9.83. The van der Waals surface area contributed by atoms with E-state index >= 15 is 0 Å². The van der Waals surface area contributed by atoms with Crippen LogP contribution in [0.4, 0.5) is 0 Å². The third kappa shape index (κ3) is 3.76. The summed E-state index contributed by atoms with van der Waals surface area (Å²) in [7, 11) is 4.14. The van der Waals surface area contributed by atoms with Crippen LogP contribution in [0.2, 0.25) is 0 Å². The van der Waals surface area contributed by atoms with Crippen LogP contribution in [-0.4, -0.2) is 50.1 Å². The van der Waals surface area contributed by atoms with E-state index in [1.165, 1.54) is 29.6 Å². The van der Waals surface area contributed by atoms with Crippen LogP contribution in [-0.2, 0) is 9.53 Å². The minimum atomic E-state index is -0.111. The first-order valence-corrected chi connectivity index (χ1v) is 13.6. The van der Waals surface area contributed by atoms with Gasteiger partial charge in [0, 0.05) is 24.3 Å². The number of likely N-dealkylation sites (N-methyl/N-ethyl adjacent to an activating group) is 1. The van der Waals surface area contributed by atoms with Gasteiger partial charge in [-0.1, -0.05) is 36.8 Å². The van der Waals surface area contributed by atoms with Crippen LogP contribution in [0.5, 0.6) is 5.75 Å². The smallest absolute Gasteiger partial charge is 0.156 e. The van der Waals surface area contributed by atoms with Crippen molar-refractivity contribution in [3.8, 4) is 5.75 Å². The van der Waals surface area contributed by atoms with Crippen molar-refractivity contribution in [3.05, 3.63) is 64.8 Å². The molecule has 35 heavy (non-hydrogen) atoms. The van der Waals surface area contributed by atoms with Crippen LogP contribution in [0.1, 0.15) is 63.4 Å². The minimum Gasteiger partial charge on any atom is -0.492 e. The number of fused-ring (bicyclic) bond motifs is 5. The topological polar surface area (TPSA) is 38.8 Å². The van der Waals surface area contributed by atoms with Crippen molar-refractivity contribution in [1.82, 2.24) is 4.90 Å². The van der Waals surface area contributed by atoms with Gasteiger partial charge in [-0.3, -0.25) is 4.79 Å². The molecule has 2 saturated carbocycles. The van der Waals surface area contributed by atoms with E-state index in [1.807, 2.05) is 6.08 Å². The molecule has 0 amide bonds. The largest absolute Gasteiger partial charge is 0.492 e. The molecule has 6 rings (SSSR count). The Balaban J connectivity index is 1.39. The molecule has 0 radical (unpaired) electrons. The number of hydrogen-bond acceptors (Lipinski definition) is 4. The van der Waals surface area contributed by atoms with Crippen LogP contribution >= 0.6 is 0 Å². The minimum absolute atomic E-state index is 0.111. The lowest BCUT2D eigenvalue weighted by Gasteiger charge is -2.54. The molecule has 0 saturated heterocycles. The standard InChI is InChI=1S/C31H39NO3/c1-30-20-27(21-5-9-24(10-6-21)34-18-16-32(2)3)29-25-12-8-23(33)19-22(25)7-11-26(29)28(30)13-15-31(30)14-4-17-35-31/h4-6,9-10,14,19,26-28H,7-8,11-13,15-18,20H2,1-3H3/t26-,27+,28-,30-,31-/m0/s1. The zero-order valence-electron chi connectivity index (χ0n) is 21.5. The Hall–Kier alpha value is -2.17. The van der Waals surface area contributed by atoms with Crippen LogP contribution in [0.25, 0.3) is 0 Å². The first kappa shape index (κ1) is 23.2. The predicted octanol–water partition coefficient (Wildman–Crippen LogP) is 5.85. The Kier molecular flexibility index (Phi) is 5.80. The first-order chi connectivity index (χ1) is 16.9. The number of nitrogens with zero attached hydrogens (tertiary/aromatic N) is 1. The van der Waals surface area contributed by atoms with Crippen LogP contribution in [0.3, 0.4) is 0 Å². The molecule has 0 N–H and O–H groups in total. The number of benzene rings is 1. The fourth-order valence-corrected chi connectivity index (χ4v) is 8.12. The summed E-state index contributed by atoms with van der Waals surface area (Å²) in [5.74, 6) is 2.86. The molecule has 4 heteroatoms. The summed E-state index contributed by atoms with van der Waals surface area (Å²) in [6.07, 6.45) is 13.9. The SMILES string of the molecule is CN(C)CCOc1ccc([C@H]2C[C@@]3(C)[C@@H](CC[C@@]34C=CCO4)[C@@H]3CCC4=CC(=O)CCC4=C32)cc1. The number of rotatable bonds is 5. The van der Waals surface area contributed by atoms with Gasteiger partial charge in [0.2, 0.25) is 0 Å². The fraction of sp³-hybridized carbons (Fsp3) is 0.581. The summed E-state index contributed by atoms with van der Waals surface area (Å²) in [4.78, 5) is 14.4. The van der Waals surface area contributed by atoms with E-state index in [9.17, 15) is 4.79 Å². The average molecular weight is 474 g/mol. The van der Waals surface area contributed by atoms with E-state index < -0.39 is 0 Å². The molecule has 2 fully saturated rings. The van der Waals surface area contributed by atoms with Gasteiger partial charge in [0.1, 0.15) is 12.4 Å². The maximum atomic E-state index is 12.3. The lowest BCUT2D eigenvalue weighted by molar-refractivity contribution is -0.114. The Morgan fingerprint density at radius 1 is 1.11 bits per heavy atom. The summed E-state index contributed by atoms with van der Waals surface area (Å²) in [5.41, 5.74) is 5.90. The monoisotopic (exact) mass is 473 g/mol. The van der Waals surface area contributed by atoms with Gasteiger partial charge >= 0.3 is 0 Å². The number of carbonyl (C=O) groups excluding carboxylic acids is 1. The van der Waals surface area contributed by atoms with Gasteiger partial charge < -0.3 is 14.4 Å². The third-order valence-electron chi connectivity index (χ3n) is 9.83. The van der Waals surface area contributed by atoms with Crippen molar-refractivity contribution in [2.24, 2.45) is 17.3 Å². The highest BCUT2D eigenvalue weighted by atomic mass is 16.5. The quantitative estimate of drug-likeness (QED) is 0.503. The van der Waals surface area contributed by atoms with Gasteiger partial charge in [0.15, 0.2) is 5.78 Å². The molecule has 5 atom stereocenters. The zero-order chi connectivity index (χ0) is 24.2. The molecule has 1 spiro atoms. The van der Waals surface area contributed by atoms with E-state index in [1.54, 1.807) is 5.57 Å². The molecule has 4 aliphatic carbocycles. The fourth-order valence-electron chi connectivity index (χ4n) is 8.12. The second-order valence-corrected chi connectivity index (χ2v) is 11.9. The highest BCUT2D eigenvalue weighted by Crippen LogP contribution is 2.68. The van der Waals surface area contributed by atoms with Crippen molar-refractivity contribution in [3.63, 3.8) is 0 Å². The molecule has 1 aliphatic heterocycles. The van der Waals surface area contributed by atoms with Crippen molar-refractivity contribution >= 4 is 5.78 Å². The Morgan fingerprint density at radius 2 is 1.94 bits per heavy atom. The Labute approximate surface area is 210 Å². The predicted molar refractivity (Wildman–Crippen MR) is 139 cm³/mol. The molecule has 0 aromatic heterocycles. The maximum absolute atomic E-state index is 12.3. The van der Waals surface area contributed by atoms with Crippen LogP contribution in [0, 0.1) is 17.3 Å². The second-order valence-electron chi connectivity index (χ2n) is 11.9. The molecule has 186 valence electrons. The summed E-state index contributed by atoms with van der Waals surface area (Å²) in [5, 5.41) is 0. The van der Waals surface area contributed by atoms with Gasteiger partial charge in [0.05, 0.1) is 12.2 Å². The van der Waals surface area contributed by atoms with E-state index in [0.29, 0.717) is 36.6 Å². The van der Waals surface area contributed by atoms with E-state index in [0.717, 1.165) is 44.6 Å². The average Bonchev–Trinajstić information content (AvgIpc) is 3.44. The highest BCUT2D eigenvalue weighted by Gasteiger charge is 2.63. The lowest BCUT2D eigenvalue weighted by atomic mass is 9.51. The van der Waals surface area contributed by atoms with Gasteiger partial charge in [-0.15, -0.1) is 0 Å². The van der Waals surface area contributed by atoms with Crippen molar-refractivity contribution in [2.75, 3.05) is 33.9 Å². The van der Waals surface area contributed by atoms with Gasteiger partial charge in [-0.05, 0) is 99.4 Å². The summed E-state index contributed by atoms with van der Waals surface area (Å²) in [6.45, 7) is 4.87. The van der Waals surface area contributed by atoms with Gasteiger partial charge in [-0.25, -0.2) is 0 Å². The molecule has 1 aromatic rings. The summed E-state index contributed by atoms with van der Waals surface area (Å²) in [6, 6.07) is 8.89. The number of allylic oxidation sites excluding steroid dienone is 4. The second kappa shape index (κ2) is 8.74. The molecule has 4 nitrogen and oxygen atoms in total. The van der Waals surface area contributed by atoms with E-state index in [4.69, 9.17) is 9.47 Å². The molecule has 1 heterocycles. The van der Waals surface area contributed by atoms with Crippen LogP contribution in [0.15, 0.2) is 59.2 Å². The maximum Gasteiger partial charge on any atom is 0.156 e. The van der Waals surface area contributed by atoms with E-state index in [2.05, 4.69) is 62.3 Å². The number of hydrogen-bond donors (Lipinski definition) is 0. The first-order valence-electron chi connectivity index (χ1n) is 13.6. The summed E-state index contributed by atoms with van der Waals surface area (Å²) >= 11 is 0. The number of carbonyl (C=O) groups is 1. The zero-order valence-corrected chi connectivity index (χ0v) is 21.5. The Morgan fingerprint density at radius 3 is 2.69 bits per heavy atom. The molecule has 5 aliphatic rings. The van der Waals surface area contributed by atoms with Crippen molar-refractivity contribution in [1.29, 1.82) is 0 Å². The Bertz CT molecular complexity index is 1100. The number of ketones is 1. The molecule has 0 bridgehead atoms. The van der Waals surface area contributed by atoms with Crippen LogP contribution < -0.4 is 4.74 Å². The lowest BCUT2D eigenvalue weighted by Crippen LogP contribution is -2.51. The molecular weight excluding hydrogens is 434 g/mol. The van der Waals surface area contributed by atoms with Crippen molar-refractivity contribution < 1.29 is 14.3 Å². The highest BCUT2D eigenvalue weighted by molar-refractivity contribution is 5.93. The number of ether oxygens (including phenoxy) is 2. The summed E-state index contributed by atoms with van der Waals surface area (Å²) < 4.78 is 12.5.